The van der Waals surface area contributed by atoms with Crippen LogP contribution in [0.15, 0.2) is 144 Å². The molecule has 0 aliphatic carbocycles. The van der Waals surface area contributed by atoms with E-state index in [-0.39, 0.29) is 10.9 Å². The Morgan fingerprint density at radius 3 is 1.53 bits per heavy atom. The van der Waals surface area contributed by atoms with Crippen LogP contribution in [0.3, 0.4) is 0 Å². The highest BCUT2D eigenvalue weighted by Crippen LogP contribution is 2.36. The number of aliphatic imine (C=N–C) groups is 1. The van der Waals surface area contributed by atoms with E-state index >= 15 is 0 Å². The Hall–Kier alpha value is -5.37. The minimum Gasteiger partial charge on any atom is -0.481 e. The molecule has 1 aliphatic rings. The molecule has 0 spiro atoms. The molecular formula is C42H34N2O3S2. The Kier molecular flexibility index (Phi) is 10.7. The van der Waals surface area contributed by atoms with Gasteiger partial charge >= 0.3 is 5.97 Å². The standard InChI is InChI=1S/C42H34N2O3S2/c1-29(34-9-5-3-6-10-34)25-31-13-19-36(20-14-31)44(37-21-15-32(16-22-37)26-30(2)35-11-7-4-8-12-35)38-23-17-33(18-24-38)27-39-41(47)49-42(43-39)48-28-40(45)46/h3-27H,28H2,1-2H3,(H,45,46)/b29-25+,30-26+,39-27-. The molecule has 7 heteroatoms. The normalized spacial score (nSPS) is 14.2. The van der Waals surface area contributed by atoms with E-state index in [1.54, 1.807) is 6.08 Å². The van der Waals surface area contributed by atoms with Crippen molar-refractivity contribution in [1.82, 2.24) is 0 Å². The Morgan fingerprint density at radius 1 is 0.673 bits per heavy atom. The molecule has 49 heavy (non-hydrogen) atoms. The third-order valence-electron chi connectivity index (χ3n) is 7.90. The topological polar surface area (TPSA) is 70.0 Å². The van der Waals surface area contributed by atoms with Gasteiger partial charge < -0.3 is 10.0 Å². The lowest BCUT2D eigenvalue weighted by molar-refractivity contribution is -0.133. The molecule has 1 N–H and O–H groups in total. The minimum absolute atomic E-state index is 0.134. The molecule has 0 bridgehead atoms. The number of benzene rings is 5. The summed E-state index contributed by atoms with van der Waals surface area (Å²) >= 11 is 2.03. The molecule has 5 aromatic carbocycles. The lowest BCUT2D eigenvalue weighted by atomic mass is 10.0. The smallest absolute Gasteiger partial charge is 0.313 e. The summed E-state index contributed by atoms with van der Waals surface area (Å²) in [5.41, 5.74) is 11.1. The summed E-state index contributed by atoms with van der Waals surface area (Å²) in [6, 6.07) is 45.8. The predicted octanol–water partition coefficient (Wildman–Crippen LogP) is 11.1. The van der Waals surface area contributed by atoms with E-state index < -0.39 is 5.97 Å². The second-order valence-electron chi connectivity index (χ2n) is 11.5. The van der Waals surface area contributed by atoms with E-state index in [4.69, 9.17) is 5.11 Å². The first-order valence-electron chi connectivity index (χ1n) is 15.8. The molecule has 5 nitrogen and oxygen atoms in total. The molecule has 242 valence electrons. The Balaban J connectivity index is 1.30. The molecule has 0 saturated heterocycles. The van der Waals surface area contributed by atoms with Gasteiger partial charge in [0.05, 0.1) is 5.75 Å². The van der Waals surface area contributed by atoms with Gasteiger partial charge in [0.15, 0.2) is 0 Å². The molecule has 5 aromatic rings. The number of carboxylic acids is 1. The van der Waals surface area contributed by atoms with E-state index in [9.17, 15) is 9.59 Å². The van der Waals surface area contributed by atoms with Crippen LogP contribution in [-0.4, -0.2) is 26.3 Å². The first kappa shape index (κ1) is 33.5. The number of aliphatic carboxylic acids is 1. The Labute approximate surface area is 295 Å². The average molecular weight is 679 g/mol. The number of anilines is 3. The van der Waals surface area contributed by atoms with Crippen molar-refractivity contribution < 1.29 is 14.7 Å². The molecule has 1 aliphatic heterocycles. The van der Waals surface area contributed by atoms with Crippen LogP contribution in [0.2, 0.25) is 0 Å². The number of allylic oxidation sites excluding steroid dienone is 2. The second kappa shape index (κ2) is 15.7. The molecular weight excluding hydrogens is 645 g/mol. The summed E-state index contributed by atoms with van der Waals surface area (Å²) in [5, 5.41) is 8.78. The van der Waals surface area contributed by atoms with Gasteiger partial charge in [-0.3, -0.25) is 9.59 Å². The van der Waals surface area contributed by atoms with Crippen molar-refractivity contribution in [2.24, 2.45) is 4.99 Å². The monoisotopic (exact) mass is 678 g/mol. The fourth-order valence-electron chi connectivity index (χ4n) is 5.41. The number of hydrogen-bond donors (Lipinski definition) is 1. The van der Waals surface area contributed by atoms with Gasteiger partial charge in [0.1, 0.15) is 10.1 Å². The van der Waals surface area contributed by atoms with E-state index in [1.165, 1.54) is 22.3 Å². The van der Waals surface area contributed by atoms with Crippen molar-refractivity contribution in [3.05, 3.63) is 167 Å². The number of hydrogen-bond acceptors (Lipinski definition) is 6. The fourth-order valence-corrected chi connectivity index (χ4v) is 6.97. The highest BCUT2D eigenvalue weighted by atomic mass is 32.2. The van der Waals surface area contributed by atoms with Crippen LogP contribution in [0.5, 0.6) is 0 Å². The molecule has 0 fully saturated rings. The Morgan fingerprint density at radius 2 is 1.10 bits per heavy atom. The van der Waals surface area contributed by atoms with E-state index in [0.717, 1.165) is 57.3 Å². The number of rotatable bonds is 10. The van der Waals surface area contributed by atoms with Crippen LogP contribution in [0.4, 0.5) is 17.1 Å². The van der Waals surface area contributed by atoms with Gasteiger partial charge in [-0.2, -0.15) is 0 Å². The van der Waals surface area contributed by atoms with Gasteiger partial charge in [0.2, 0.25) is 5.12 Å². The number of carbonyl (C=O) groups is 2. The third kappa shape index (κ3) is 8.76. The summed E-state index contributed by atoms with van der Waals surface area (Å²) in [4.78, 5) is 30.0. The number of carboxylic acid groups (broad SMARTS) is 1. The highest BCUT2D eigenvalue weighted by molar-refractivity contribution is 8.45. The molecule has 0 amide bonds. The van der Waals surface area contributed by atoms with Gasteiger partial charge in [-0.25, -0.2) is 4.99 Å². The van der Waals surface area contributed by atoms with Crippen LogP contribution in [0.25, 0.3) is 29.4 Å². The molecule has 1 heterocycles. The maximum Gasteiger partial charge on any atom is 0.313 e. The molecule has 0 atom stereocenters. The van der Waals surface area contributed by atoms with Crippen molar-refractivity contribution in [1.29, 1.82) is 0 Å². The number of thioether (sulfide) groups is 2. The van der Waals surface area contributed by atoms with Gasteiger partial charge in [-0.15, -0.1) is 0 Å². The summed E-state index contributed by atoms with van der Waals surface area (Å²) in [5.74, 6) is -1.08. The molecule has 0 radical (unpaired) electrons. The van der Waals surface area contributed by atoms with E-state index in [0.29, 0.717) is 10.1 Å². The van der Waals surface area contributed by atoms with E-state index in [2.05, 4.69) is 133 Å². The van der Waals surface area contributed by atoms with E-state index in [1.807, 2.05) is 36.4 Å². The van der Waals surface area contributed by atoms with Crippen LogP contribution in [0.1, 0.15) is 41.7 Å². The molecule has 0 aromatic heterocycles. The maximum absolute atomic E-state index is 12.5. The quantitative estimate of drug-likeness (QED) is 0.117. The predicted molar refractivity (Wildman–Crippen MR) is 209 cm³/mol. The van der Waals surface area contributed by atoms with Gasteiger partial charge in [0, 0.05) is 17.1 Å². The lowest BCUT2D eigenvalue weighted by Gasteiger charge is -2.26. The van der Waals surface area contributed by atoms with Crippen molar-refractivity contribution in [3.8, 4) is 0 Å². The van der Waals surface area contributed by atoms with Crippen LogP contribution < -0.4 is 4.90 Å². The molecule has 6 rings (SSSR count). The van der Waals surface area contributed by atoms with Crippen LogP contribution in [0, 0.1) is 0 Å². The first-order valence-corrected chi connectivity index (χ1v) is 17.6. The first-order chi connectivity index (χ1) is 23.8. The minimum atomic E-state index is -0.944. The zero-order valence-electron chi connectivity index (χ0n) is 27.1. The number of nitrogens with zero attached hydrogens (tertiary/aromatic N) is 2. The second-order valence-corrected chi connectivity index (χ2v) is 13.7. The largest absolute Gasteiger partial charge is 0.481 e. The third-order valence-corrected chi connectivity index (χ3v) is 9.90. The summed E-state index contributed by atoms with van der Waals surface area (Å²) in [7, 11) is 0. The lowest BCUT2D eigenvalue weighted by Crippen LogP contribution is -2.09. The van der Waals surface area contributed by atoms with Crippen molar-refractivity contribution in [3.63, 3.8) is 0 Å². The fraction of sp³-hybridized carbons (Fsp3) is 0.0714. The SMILES string of the molecule is C/C(=C\c1ccc(N(c2ccc(/C=C3\N=C(SCC(=O)O)SC3=O)cc2)c2ccc(/C=C(\C)c3ccccc3)cc2)cc1)c1ccccc1. The Bertz CT molecular complexity index is 1970. The van der Waals surface area contributed by atoms with Crippen molar-refractivity contribution in [2.75, 3.05) is 10.7 Å². The summed E-state index contributed by atoms with van der Waals surface area (Å²) < 4.78 is 0.455. The number of carbonyl (C=O) groups excluding carboxylic acids is 1. The highest BCUT2D eigenvalue weighted by Gasteiger charge is 2.23. The summed E-state index contributed by atoms with van der Waals surface area (Å²) in [6.45, 7) is 4.25. The van der Waals surface area contributed by atoms with Crippen molar-refractivity contribution >= 4 is 85.4 Å². The van der Waals surface area contributed by atoms with Crippen LogP contribution >= 0.6 is 23.5 Å². The summed E-state index contributed by atoms with van der Waals surface area (Å²) in [6.07, 6.45) is 6.13. The van der Waals surface area contributed by atoms with Crippen molar-refractivity contribution in [2.45, 2.75) is 13.8 Å². The zero-order chi connectivity index (χ0) is 34.2. The van der Waals surface area contributed by atoms with Crippen LogP contribution in [-0.2, 0) is 9.59 Å². The van der Waals surface area contributed by atoms with Gasteiger partial charge in [-0.1, -0.05) is 121 Å². The maximum atomic E-state index is 12.5. The molecule has 0 unspecified atom stereocenters. The van der Waals surface area contributed by atoms with Gasteiger partial charge in [-0.05, 0) is 107 Å². The average Bonchev–Trinajstić information content (AvgIpc) is 3.48. The molecule has 0 saturated carbocycles. The zero-order valence-corrected chi connectivity index (χ0v) is 28.7. The van der Waals surface area contributed by atoms with Gasteiger partial charge in [0.25, 0.3) is 0 Å².